The van der Waals surface area contributed by atoms with Gasteiger partial charge in [0.1, 0.15) is 5.54 Å². The van der Waals surface area contributed by atoms with Crippen molar-refractivity contribution < 1.29 is 0 Å². The van der Waals surface area contributed by atoms with Crippen LogP contribution in [0.5, 0.6) is 0 Å². The van der Waals surface area contributed by atoms with E-state index < -0.39 is 5.54 Å². The largest absolute Gasteiger partial charge is 0.379 e. The monoisotopic (exact) mass is 540 g/mol. The van der Waals surface area contributed by atoms with Crippen LogP contribution >= 0.6 is 12.2 Å². The first-order valence-corrected chi connectivity index (χ1v) is 14.2. The van der Waals surface area contributed by atoms with Gasteiger partial charge in [-0.3, -0.25) is 0 Å². The van der Waals surface area contributed by atoms with Crippen molar-refractivity contribution in [3.8, 4) is 0 Å². The summed E-state index contributed by atoms with van der Waals surface area (Å²) in [5.74, 6) is 0. The van der Waals surface area contributed by atoms with Gasteiger partial charge in [0.2, 0.25) is 0 Å². The molecule has 0 bridgehead atoms. The van der Waals surface area contributed by atoms with Gasteiger partial charge in [-0.15, -0.1) is 0 Å². The summed E-state index contributed by atoms with van der Waals surface area (Å²) < 4.78 is 2.28. The van der Waals surface area contributed by atoms with Crippen molar-refractivity contribution in [2.75, 3.05) is 6.54 Å². The number of thiocarbonyl (C=S) groups is 1. The van der Waals surface area contributed by atoms with Crippen molar-refractivity contribution in [3.05, 3.63) is 162 Å². The van der Waals surface area contributed by atoms with Crippen molar-refractivity contribution in [2.24, 2.45) is 0 Å². The molecule has 0 saturated carbocycles. The lowest BCUT2D eigenvalue weighted by Gasteiger charge is -2.37. The smallest absolute Gasteiger partial charge is 0.121 e. The number of aromatic amines is 1. The Morgan fingerprint density at radius 1 is 0.775 bits per heavy atom. The molecule has 6 aromatic rings. The Balaban J connectivity index is 1.20. The molecule has 0 aliphatic heterocycles. The Morgan fingerprint density at radius 3 is 1.98 bits per heavy atom. The van der Waals surface area contributed by atoms with Gasteiger partial charge in [-0.1, -0.05) is 121 Å². The molecule has 2 heterocycles. The zero-order valence-electron chi connectivity index (χ0n) is 22.3. The number of nitrogens with one attached hydrogen (secondary N) is 2. The molecule has 0 atom stereocenters. The topological polar surface area (TPSA) is 45.6 Å². The number of hydrogen-bond acceptors (Lipinski definition) is 2. The lowest BCUT2D eigenvalue weighted by molar-refractivity contribution is 0.514. The van der Waals surface area contributed by atoms with Gasteiger partial charge < -0.3 is 14.9 Å². The average molecular weight is 541 g/mol. The number of para-hydroxylation sites is 1. The maximum absolute atomic E-state index is 5.67. The molecule has 2 aromatic heterocycles. The molecule has 0 unspecified atom stereocenters. The van der Waals surface area contributed by atoms with Crippen LogP contribution < -0.4 is 5.32 Å². The van der Waals surface area contributed by atoms with E-state index >= 15 is 0 Å². The van der Waals surface area contributed by atoms with Crippen LogP contribution in [0.3, 0.4) is 0 Å². The van der Waals surface area contributed by atoms with Crippen LogP contribution in [0.15, 0.2) is 134 Å². The van der Waals surface area contributed by atoms with E-state index in [1.165, 1.54) is 27.6 Å². The number of rotatable bonds is 10. The predicted octanol–water partition coefficient (Wildman–Crippen LogP) is 7.30. The average Bonchev–Trinajstić information content (AvgIpc) is 3.65. The normalized spacial score (nSPS) is 11.5. The fraction of sp³-hybridized carbons (Fsp3) is 0.143. The molecule has 0 amide bonds. The Bertz CT molecular complexity index is 1590. The van der Waals surface area contributed by atoms with Crippen molar-refractivity contribution in [1.82, 2.24) is 19.9 Å². The minimum atomic E-state index is -0.534. The first-order valence-electron chi connectivity index (χ1n) is 13.8. The number of fused-ring (bicyclic) bond motifs is 1. The standard InChI is InChI=1S/C35H32N4S/c40-34(23-27-24-37-33-21-11-10-20-32(27)33)36-22-12-19-31-25-39(26-38-31)35(28-13-4-1-5-14-28,29-15-6-2-7-16-29)30-17-8-3-9-18-30/h1-11,13-18,20-21,24-26,37H,12,19,22-23H2,(H,36,40). The van der Waals surface area contributed by atoms with Gasteiger partial charge in [0.05, 0.1) is 17.0 Å². The Hall–Kier alpha value is -4.48. The summed E-state index contributed by atoms with van der Waals surface area (Å²) in [5.41, 5.74) is 6.49. The van der Waals surface area contributed by atoms with E-state index in [1.54, 1.807) is 0 Å². The second kappa shape index (κ2) is 11.7. The highest BCUT2D eigenvalue weighted by molar-refractivity contribution is 7.80. The maximum Gasteiger partial charge on any atom is 0.121 e. The van der Waals surface area contributed by atoms with Crippen molar-refractivity contribution in [2.45, 2.75) is 24.8 Å². The molecular formula is C35H32N4S. The molecule has 0 saturated heterocycles. The molecule has 0 aliphatic rings. The van der Waals surface area contributed by atoms with E-state index in [4.69, 9.17) is 17.2 Å². The number of aromatic nitrogens is 3. The van der Waals surface area contributed by atoms with E-state index in [1.807, 2.05) is 12.4 Å². The van der Waals surface area contributed by atoms with Crippen LogP contribution in [0.4, 0.5) is 0 Å². The lowest BCUT2D eigenvalue weighted by atomic mass is 9.77. The molecule has 198 valence electrons. The van der Waals surface area contributed by atoms with Gasteiger partial charge in [-0.05, 0) is 41.2 Å². The maximum atomic E-state index is 5.67. The highest BCUT2D eigenvalue weighted by atomic mass is 32.1. The van der Waals surface area contributed by atoms with E-state index in [9.17, 15) is 0 Å². The van der Waals surface area contributed by atoms with E-state index in [0.29, 0.717) is 0 Å². The minimum Gasteiger partial charge on any atom is -0.379 e. The summed E-state index contributed by atoms with van der Waals surface area (Å²) in [6, 6.07) is 40.5. The minimum absolute atomic E-state index is 0.534. The fourth-order valence-corrected chi connectivity index (χ4v) is 5.93. The number of benzene rings is 4. The molecule has 2 N–H and O–H groups in total. The van der Waals surface area contributed by atoms with Crippen LogP contribution in [0.2, 0.25) is 0 Å². The van der Waals surface area contributed by atoms with Crippen molar-refractivity contribution in [3.63, 3.8) is 0 Å². The molecule has 0 spiro atoms. The lowest BCUT2D eigenvalue weighted by Crippen LogP contribution is -2.36. The summed E-state index contributed by atoms with van der Waals surface area (Å²) in [5, 5.41) is 4.69. The van der Waals surface area contributed by atoms with Crippen LogP contribution in [0, 0.1) is 0 Å². The zero-order valence-corrected chi connectivity index (χ0v) is 23.1. The summed E-state index contributed by atoms with van der Waals surface area (Å²) >= 11 is 5.67. The molecule has 40 heavy (non-hydrogen) atoms. The summed E-state index contributed by atoms with van der Waals surface area (Å²) in [6.07, 6.45) is 8.80. The molecule has 4 aromatic carbocycles. The second-order valence-electron chi connectivity index (χ2n) is 10.1. The molecule has 0 aliphatic carbocycles. The van der Waals surface area contributed by atoms with E-state index in [-0.39, 0.29) is 0 Å². The number of imidazole rings is 1. The van der Waals surface area contributed by atoms with Crippen LogP contribution in [0.25, 0.3) is 10.9 Å². The molecular weight excluding hydrogens is 508 g/mol. The Morgan fingerprint density at radius 2 is 1.35 bits per heavy atom. The first-order chi connectivity index (χ1) is 19.7. The van der Waals surface area contributed by atoms with Crippen LogP contribution in [-0.2, 0) is 18.4 Å². The summed E-state index contributed by atoms with van der Waals surface area (Å²) in [4.78, 5) is 9.07. The number of aryl methyl sites for hydroxylation is 1. The molecule has 6 rings (SSSR count). The number of nitrogens with zero attached hydrogens (tertiary/aromatic N) is 2. The van der Waals surface area contributed by atoms with Crippen LogP contribution in [0.1, 0.15) is 34.4 Å². The molecule has 5 heteroatoms. The summed E-state index contributed by atoms with van der Waals surface area (Å²) in [7, 11) is 0. The highest BCUT2D eigenvalue weighted by Gasteiger charge is 2.38. The third-order valence-electron chi connectivity index (χ3n) is 7.56. The quantitative estimate of drug-likeness (QED) is 0.109. The number of H-pyrrole nitrogens is 1. The van der Waals surface area contributed by atoms with Gasteiger partial charge in [0, 0.05) is 36.3 Å². The van der Waals surface area contributed by atoms with Crippen molar-refractivity contribution >= 4 is 28.1 Å². The predicted molar refractivity (Wildman–Crippen MR) is 168 cm³/mol. The second-order valence-corrected chi connectivity index (χ2v) is 10.6. The molecule has 4 nitrogen and oxygen atoms in total. The van der Waals surface area contributed by atoms with Gasteiger partial charge in [-0.25, -0.2) is 4.98 Å². The number of hydrogen-bond donors (Lipinski definition) is 2. The van der Waals surface area contributed by atoms with E-state index in [0.717, 1.165) is 42.0 Å². The Labute approximate surface area is 240 Å². The van der Waals surface area contributed by atoms with Crippen LogP contribution in [-0.4, -0.2) is 26.1 Å². The zero-order chi connectivity index (χ0) is 27.2. The molecule has 0 fully saturated rings. The Kier molecular flexibility index (Phi) is 7.56. The third-order valence-corrected chi connectivity index (χ3v) is 7.84. The van der Waals surface area contributed by atoms with Crippen molar-refractivity contribution in [1.29, 1.82) is 0 Å². The third kappa shape index (κ3) is 5.08. The van der Waals surface area contributed by atoms with E-state index in [2.05, 4.69) is 136 Å². The van der Waals surface area contributed by atoms with Gasteiger partial charge >= 0.3 is 0 Å². The first kappa shape index (κ1) is 25.8. The fourth-order valence-electron chi connectivity index (χ4n) is 5.67. The molecule has 0 radical (unpaired) electrons. The van der Waals surface area contributed by atoms with Gasteiger partial charge in [0.25, 0.3) is 0 Å². The highest BCUT2D eigenvalue weighted by Crippen LogP contribution is 2.40. The summed E-state index contributed by atoms with van der Waals surface area (Å²) in [6.45, 7) is 0.815. The van der Waals surface area contributed by atoms with Gasteiger partial charge in [-0.2, -0.15) is 0 Å². The van der Waals surface area contributed by atoms with Gasteiger partial charge in [0.15, 0.2) is 0 Å². The SMILES string of the molecule is S=C(Cc1c[nH]c2ccccc12)NCCCc1cn(C(c2ccccc2)(c2ccccc2)c2ccccc2)cn1.